The second-order valence-electron chi connectivity index (χ2n) is 32.4. The summed E-state index contributed by atoms with van der Waals surface area (Å²) < 4.78 is 13.5. The van der Waals surface area contributed by atoms with Crippen molar-refractivity contribution in [1.82, 2.24) is 9.80 Å². The molecule has 1 N–H and O–H groups in total. The predicted octanol–water partition coefficient (Wildman–Crippen LogP) is 29.1. The van der Waals surface area contributed by atoms with Crippen LogP contribution in [0.5, 0.6) is 11.5 Å². The molecule has 0 radical (unpaired) electrons. The minimum absolute atomic E-state index is 0.0949. The molecule has 10 nitrogen and oxygen atoms in total. The molecule has 596 valence electrons. The molecule has 0 saturated heterocycles. The fourth-order valence-corrected chi connectivity index (χ4v) is 23.4. The van der Waals surface area contributed by atoms with Gasteiger partial charge in [0.25, 0.3) is 11.8 Å². The van der Waals surface area contributed by atoms with Gasteiger partial charge in [0.05, 0.1) is 42.0 Å². The zero-order valence-electron chi connectivity index (χ0n) is 68.3. The summed E-state index contributed by atoms with van der Waals surface area (Å²) in [7, 11) is 0. The van der Waals surface area contributed by atoms with E-state index < -0.39 is 5.97 Å². The fourth-order valence-electron chi connectivity index (χ4n) is 18.9. The molecule has 14 rings (SSSR count). The minimum Gasteiger partial charge on any atom is -0.485 e. The Balaban J connectivity index is 0.865. The van der Waals surface area contributed by atoms with Crippen LogP contribution in [0.1, 0.15) is 284 Å². The fraction of sp³-hybridized carbons (Fsp3) is 0.440. The van der Waals surface area contributed by atoms with Gasteiger partial charge >= 0.3 is 5.97 Å². The standard InChI is InChI=1S/C100H116N4O6S4/c1-7-13-19-25-27-37-61-102-90(85-54-53-84(112-85)83-52-49-74(111-83)65-70(68-101)98(107)108)88-89(97(102)106)91(103(96(88)105)62-38-28-26-20-14-8-2)86-55-56-87(113-86)95-93-92(109-63-64-110-93)94(114-95)69-43-45-71(46-44-69)104(72-47-50-77-75-39-29-31-41-79(75)99(81(77)66-72,57-33-21-15-9-3)58-34-22-16-10-4)73-48-51-78-76-40-30-32-42-80(76)100(82(78)67-73,59-35-23-17-11-5)60-36-24-18-12-6/h29-32,39-56,65-67H,7-28,33-38,57-64H2,1-6H3,(H,107,108)/b70-65-. The topological polar surface area (TPSA) is 123 Å². The Morgan fingerprint density at radius 2 is 0.816 bits per heavy atom. The first kappa shape index (κ1) is 82.0. The molecule has 0 bridgehead atoms. The van der Waals surface area contributed by atoms with Crippen molar-refractivity contribution in [2.45, 2.75) is 258 Å². The van der Waals surface area contributed by atoms with Crippen LogP contribution in [0, 0.1) is 11.3 Å². The van der Waals surface area contributed by atoms with Crippen molar-refractivity contribution in [2.75, 3.05) is 31.2 Å². The Kier molecular flexibility index (Phi) is 27.6. The van der Waals surface area contributed by atoms with Gasteiger partial charge in [0.2, 0.25) is 0 Å². The lowest BCUT2D eigenvalue weighted by Gasteiger charge is -2.35. The Morgan fingerprint density at radius 3 is 1.28 bits per heavy atom. The van der Waals surface area contributed by atoms with Crippen LogP contribution in [0.2, 0.25) is 0 Å². The number of nitriles is 1. The van der Waals surface area contributed by atoms with E-state index in [1.807, 2.05) is 34.1 Å². The third kappa shape index (κ3) is 16.9. The molecular formula is C100H116N4O6S4. The molecule has 7 heterocycles. The van der Waals surface area contributed by atoms with Gasteiger partial charge < -0.3 is 29.3 Å². The number of ether oxygens (including phenoxy) is 2. The number of benzene rings is 5. The van der Waals surface area contributed by atoms with Gasteiger partial charge in [0.15, 0.2) is 11.5 Å². The van der Waals surface area contributed by atoms with Gasteiger partial charge in [-0.25, -0.2) is 4.79 Å². The Labute approximate surface area is 694 Å². The SMILES string of the molecule is CCCCCCCCN1C(=O)C2=C(c3ccc(-c4sc(-c5ccc(N(c6ccc7c(c6)C(CCCCCC)(CCCCCC)c6ccccc6-7)c6ccc7c(c6)C(CCCCCC)(CCCCCC)c6ccccc6-7)cc5)c5c4OCCO5)s3)N(CCCCCCCC)C(=O)C2=C1c1ccc(-c2ccc(/C=C(/C#N)C(=O)O)s2)s1. The maximum atomic E-state index is 15.8. The van der Waals surface area contributed by atoms with Gasteiger partial charge in [-0.05, 0) is 167 Å². The second-order valence-corrected chi connectivity index (χ2v) is 36.7. The van der Waals surface area contributed by atoms with Crippen LogP contribution in [0.3, 0.4) is 0 Å². The molecule has 0 saturated carbocycles. The highest BCUT2D eigenvalue weighted by Crippen LogP contribution is 2.61. The smallest absolute Gasteiger partial charge is 0.346 e. The Bertz CT molecular complexity index is 4860. The number of hydrogen-bond acceptors (Lipinski definition) is 11. The average molecular weight is 1600 g/mol. The number of carboxylic acids is 1. The number of amides is 2. The number of carboxylic acid groups (broad SMARTS) is 1. The van der Waals surface area contributed by atoms with Gasteiger partial charge in [-0.2, -0.15) is 5.26 Å². The van der Waals surface area contributed by atoms with Gasteiger partial charge in [-0.1, -0.05) is 281 Å². The summed E-state index contributed by atoms with van der Waals surface area (Å²) >= 11 is 6.23. The van der Waals surface area contributed by atoms with E-state index in [1.165, 1.54) is 200 Å². The minimum atomic E-state index is -1.27. The lowest BCUT2D eigenvalue weighted by Crippen LogP contribution is -2.30. The van der Waals surface area contributed by atoms with E-state index in [2.05, 4.69) is 168 Å². The number of unbranched alkanes of at least 4 members (excludes halogenated alkanes) is 22. The summed E-state index contributed by atoms with van der Waals surface area (Å²) in [6.45, 7) is 15.6. The van der Waals surface area contributed by atoms with Gasteiger partial charge in [0, 0.05) is 60.5 Å². The van der Waals surface area contributed by atoms with E-state index in [4.69, 9.17) is 9.47 Å². The molecule has 5 aliphatic rings. The van der Waals surface area contributed by atoms with Crippen molar-refractivity contribution in [3.8, 4) is 69.8 Å². The maximum absolute atomic E-state index is 15.8. The molecular weight excluding hydrogens is 1480 g/mol. The third-order valence-corrected chi connectivity index (χ3v) is 29.5. The number of rotatable bonds is 44. The zero-order valence-corrected chi connectivity index (χ0v) is 71.6. The summed E-state index contributed by atoms with van der Waals surface area (Å²) in [5.41, 5.74) is 17.8. The molecule has 5 aromatic carbocycles. The van der Waals surface area contributed by atoms with Crippen LogP contribution in [0.15, 0.2) is 162 Å². The summed E-state index contributed by atoms with van der Waals surface area (Å²) in [5, 5.41) is 19.2. The van der Waals surface area contributed by atoms with Crippen LogP contribution >= 0.6 is 45.3 Å². The summed E-state index contributed by atoms with van der Waals surface area (Å²) in [6.07, 6.45) is 38.2. The van der Waals surface area contributed by atoms with E-state index in [1.54, 1.807) is 28.7 Å². The average Bonchev–Trinajstić information content (AvgIpc) is 1.57. The van der Waals surface area contributed by atoms with E-state index in [9.17, 15) is 15.2 Å². The zero-order chi connectivity index (χ0) is 79.1. The number of anilines is 3. The largest absolute Gasteiger partial charge is 0.485 e. The summed E-state index contributed by atoms with van der Waals surface area (Å²) in [4.78, 5) is 56.8. The molecule has 114 heavy (non-hydrogen) atoms. The molecule has 2 amide bonds. The van der Waals surface area contributed by atoms with E-state index >= 15 is 9.59 Å². The Morgan fingerprint density at radius 1 is 0.430 bits per heavy atom. The molecule has 9 aromatic rings. The number of carbonyl (C=O) groups excluding carboxylic acids is 2. The second kappa shape index (κ2) is 38.5. The van der Waals surface area contributed by atoms with E-state index in [0.717, 1.165) is 147 Å². The molecule has 0 spiro atoms. The molecule has 0 unspecified atom stereocenters. The van der Waals surface area contributed by atoms with Crippen LogP contribution < -0.4 is 14.4 Å². The van der Waals surface area contributed by atoms with Crippen molar-refractivity contribution in [3.05, 3.63) is 199 Å². The van der Waals surface area contributed by atoms with Gasteiger partial charge in [-0.3, -0.25) is 9.59 Å². The summed E-state index contributed by atoms with van der Waals surface area (Å²) in [6, 6.07) is 57.0. The first-order valence-corrected chi connectivity index (χ1v) is 46.8. The molecule has 0 atom stereocenters. The molecule has 0 fully saturated rings. The Hall–Kier alpha value is -8.58. The van der Waals surface area contributed by atoms with Crippen LogP contribution in [-0.2, 0) is 25.2 Å². The predicted molar refractivity (Wildman–Crippen MR) is 479 cm³/mol. The lowest BCUT2D eigenvalue weighted by atomic mass is 9.70. The number of hydrogen-bond donors (Lipinski definition) is 1. The van der Waals surface area contributed by atoms with Crippen LogP contribution in [0.4, 0.5) is 17.1 Å². The number of fused-ring (bicyclic) bond motifs is 8. The third-order valence-electron chi connectivity index (χ3n) is 24.7. The molecule has 2 aliphatic carbocycles. The highest BCUT2D eigenvalue weighted by molar-refractivity contribution is 7.25. The first-order valence-electron chi connectivity index (χ1n) is 43.5. The number of nitrogens with zero attached hydrogens (tertiary/aromatic N) is 4. The number of carbonyl (C=O) groups is 3. The van der Waals surface area contributed by atoms with Crippen molar-refractivity contribution in [3.63, 3.8) is 0 Å². The summed E-state index contributed by atoms with van der Waals surface area (Å²) in [5.74, 6) is -0.0819. The normalized spacial score (nSPS) is 15.0. The van der Waals surface area contributed by atoms with E-state index in [-0.39, 0.29) is 28.2 Å². The van der Waals surface area contributed by atoms with Gasteiger partial charge in [-0.15, -0.1) is 45.3 Å². The number of aliphatic carboxylic acids is 1. The quantitative estimate of drug-likeness (QED) is 0.0228. The highest BCUT2D eigenvalue weighted by Gasteiger charge is 2.50. The first-order chi connectivity index (χ1) is 55.9. The molecule has 14 heteroatoms. The van der Waals surface area contributed by atoms with Gasteiger partial charge in [0.1, 0.15) is 24.9 Å². The molecule has 4 aromatic heterocycles. The monoisotopic (exact) mass is 1600 g/mol. The number of thiophene rings is 4. The lowest BCUT2D eigenvalue weighted by molar-refractivity contribution is -0.132. The maximum Gasteiger partial charge on any atom is 0.346 e. The van der Waals surface area contributed by atoms with Crippen LogP contribution in [-0.4, -0.2) is 59.0 Å². The van der Waals surface area contributed by atoms with Crippen molar-refractivity contribution in [2.24, 2.45) is 0 Å². The van der Waals surface area contributed by atoms with Crippen molar-refractivity contribution >= 4 is 97.7 Å². The van der Waals surface area contributed by atoms with Crippen molar-refractivity contribution in [1.29, 1.82) is 5.26 Å². The highest BCUT2D eigenvalue weighted by atomic mass is 32.1. The van der Waals surface area contributed by atoms with Crippen molar-refractivity contribution < 1.29 is 29.0 Å². The van der Waals surface area contributed by atoms with Crippen LogP contribution in [0.25, 0.3) is 69.7 Å². The molecule has 3 aliphatic heterocycles. The van der Waals surface area contributed by atoms with E-state index in [0.29, 0.717) is 53.7 Å².